The van der Waals surface area contributed by atoms with Gasteiger partial charge in [-0.25, -0.2) is 4.39 Å². The van der Waals surface area contributed by atoms with Gasteiger partial charge in [-0.1, -0.05) is 30.3 Å². The van der Waals surface area contributed by atoms with E-state index in [9.17, 15) is 14.3 Å². The van der Waals surface area contributed by atoms with Crippen molar-refractivity contribution in [3.8, 4) is 22.8 Å². The molecule has 0 spiro atoms. The second-order valence-electron chi connectivity index (χ2n) is 7.11. The van der Waals surface area contributed by atoms with Crippen molar-refractivity contribution in [3.05, 3.63) is 83.7 Å². The van der Waals surface area contributed by atoms with E-state index in [0.29, 0.717) is 46.9 Å². The van der Waals surface area contributed by atoms with Crippen molar-refractivity contribution < 1.29 is 23.8 Å². The molecule has 0 bridgehead atoms. The standard InChI is InChI=1S/C25H22FNO4/c1-2-30-23-12-17(8-11-22(23)31-15-16-6-4-3-5-7-16)25-20(14-24(28)29)19-13-18(26)9-10-21(19)27-25/h3-13,27H,2,14-15H2,1H3,(H,28,29). The van der Waals surface area contributed by atoms with Gasteiger partial charge in [-0.05, 0) is 54.4 Å². The molecule has 0 saturated carbocycles. The Hall–Kier alpha value is -3.80. The molecule has 0 atom stereocenters. The fraction of sp³-hybridized carbons (Fsp3) is 0.160. The van der Waals surface area contributed by atoms with Gasteiger partial charge in [0.05, 0.1) is 18.7 Å². The number of ether oxygens (including phenoxy) is 2. The quantitative estimate of drug-likeness (QED) is 0.391. The predicted molar refractivity (Wildman–Crippen MR) is 117 cm³/mol. The number of carboxylic acid groups (broad SMARTS) is 1. The Bertz CT molecular complexity index is 1220. The van der Waals surface area contributed by atoms with Crippen molar-refractivity contribution >= 4 is 16.9 Å². The largest absolute Gasteiger partial charge is 0.490 e. The number of benzene rings is 3. The van der Waals surface area contributed by atoms with Crippen LogP contribution in [0.4, 0.5) is 4.39 Å². The maximum Gasteiger partial charge on any atom is 0.307 e. The second kappa shape index (κ2) is 8.92. The summed E-state index contributed by atoms with van der Waals surface area (Å²) in [5.41, 5.74) is 3.61. The van der Waals surface area contributed by atoms with Crippen molar-refractivity contribution in [1.82, 2.24) is 4.98 Å². The van der Waals surface area contributed by atoms with Crippen LogP contribution in [-0.4, -0.2) is 22.7 Å². The highest BCUT2D eigenvalue weighted by molar-refractivity contribution is 5.94. The molecule has 31 heavy (non-hydrogen) atoms. The molecule has 3 aromatic carbocycles. The number of nitrogens with one attached hydrogen (secondary N) is 1. The molecule has 0 unspecified atom stereocenters. The van der Waals surface area contributed by atoms with Gasteiger partial charge in [-0.2, -0.15) is 0 Å². The van der Waals surface area contributed by atoms with Crippen LogP contribution in [-0.2, 0) is 17.8 Å². The number of hydrogen-bond acceptors (Lipinski definition) is 3. The average molecular weight is 419 g/mol. The van der Waals surface area contributed by atoms with E-state index in [1.807, 2.05) is 49.4 Å². The first-order chi connectivity index (χ1) is 15.0. The van der Waals surface area contributed by atoms with Gasteiger partial charge in [0.2, 0.25) is 0 Å². The first-order valence-electron chi connectivity index (χ1n) is 10.0. The van der Waals surface area contributed by atoms with Crippen molar-refractivity contribution in [1.29, 1.82) is 0 Å². The molecule has 1 aromatic heterocycles. The molecule has 2 N–H and O–H groups in total. The Balaban J connectivity index is 1.73. The van der Waals surface area contributed by atoms with Crippen LogP contribution in [0.1, 0.15) is 18.1 Å². The third-order valence-electron chi connectivity index (χ3n) is 4.97. The number of fused-ring (bicyclic) bond motifs is 1. The second-order valence-corrected chi connectivity index (χ2v) is 7.11. The summed E-state index contributed by atoms with van der Waals surface area (Å²) in [5, 5.41) is 9.95. The van der Waals surface area contributed by atoms with E-state index < -0.39 is 11.8 Å². The lowest BCUT2D eigenvalue weighted by Gasteiger charge is -2.14. The minimum absolute atomic E-state index is 0.227. The first-order valence-corrected chi connectivity index (χ1v) is 10.0. The van der Waals surface area contributed by atoms with E-state index in [2.05, 4.69) is 4.98 Å². The topological polar surface area (TPSA) is 71.6 Å². The van der Waals surface area contributed by atoms with Crippen molar-refractivity contribution in [2.75, 3.05) is 6.61 Å². The zero-order valence-corrected chi connectivity index (χ0v) is 17.0. The Kier molecular flexibility index (Phi) is 5.89. The number of aliphatic carboxylic acids is 1. The molecule has 5 nitrogen and oxygen atoms in total. The lowest BCUT2D eigenvalue weighted by molar-refractivity contribution is -0.136. The zero-order chi connectivity index (χ0) is 21.8. The number of aromatic amines is 1. The summed E-state index contributed by atoms with van der Waals surface area (Å²) in [6.07, 6.45) is -0.227. The highest BCUT2D eigenvalue weighted by atomic mass is 19.1. The molecule has 0 aliphatic carbocycles. The molecule has 4 aromatic rings. The van der Waals surface area contributed by atoms with E-state index in [0.717, 1.165) is 11.1 Å². The van der Waals surface area contributed by atoms with E-state index in [1.54, 1.807) is 12.1 Å². The van der Waals surface area contributed by atoms with E-state index in [-0.39, 0.29) is 6.42 Å². The number of hydrogen-bond donors (Lipinski definition) is 2. The summed E-state index contributed by atoms with van der Waals surface area (Å²) in [7, 11) is 0. The highest BCUT2D eigenvalue weighted by Crippen LogP contribution is 2.37. The Labute approximate surface area is 179 Å². The van der Waals surface area contributed by atoms with E-state index >= 15 is 0 Å². The predicted octanol–water partition coefficient (Wildman–Crippen LogP) is 5.58. The molecule has 0 saturated heterocycles. The summed E-state index contributed by atoms with van der Waals surface area (Å²) < 4.78 is 25.6. The number of halogens is 1. The lowest BCUT2D eigenvalue weighted by atomic mass is 10.0. The third-order valence-corrected chi connectivity index (χ3v) is 4.97. The third kappa shape index (κ3) is 4.53. The van der Waals surface area contributed by atoms with Crippen molar-refractivity contribution in [2.24, 2.45) is 0 Å². The van der Waals surface area contributed by atoms with Gasteiger partial charge < -0.3 is 19.6 Å². The number of H-pyrrole nitrogens is 1. The normalized spacial score (nSPS) is 10.9. The molecule has 1 heterocycles. The molecular weight excluding hydrogens is 397 g/mol. The molecule has 0 radical (unpaired) electrons. The van der Waals surface area contributed by atoms with Crippen LogP contribution in [0.25, 0.3) is 22.2 Å². The maximum absolute atomic E-state index is 13.8. The Morgan fingerprint density at radius 1 is 1.00 bits per heavy atom. The van der Waals surface area contributed by atoms with E-state index in [4.69, 9.17) is 9.47 Å². The van der Waals surface area contributed by atoms with Gasteiger partial charge in [0, 0.05) is 16.5 Å². The molecule has 6 heteroatoms. The smallest absolute Gasteiger partial charge is 0.307 e. The number of carbonyl (C=O) groups is 1. The van der Waals surface area contributed by atoms with Crippen LogP contribution in [0.15, 0.2) is 66.7 Å². The lowest BCUT2D eigenvalue weighted by Crippen LogP contribution is -2.02. The molecule has 0 amide bonds. The van der Waals surface area contributed by atoms with Crippen LogP contribution in [0, 0.1) is 5.82 Å². The zero-order valence-electron chi connectivity index (χ0n) is 17.0. The fourth-order valence-corrected chi connectivity index (χ4v) is 3.59. The summed E-state index contributed by atoms with van der Waals surface area (Å²) >= 11 is 0. The average Bonchev–Trinajstić information content (AvgIpc) is 3.11. The molecule has 4 rings (SSSR count). The van der Waals surface area contributed by atoms with Crippen LogP contribution in [0.3, 0.4) is 0 Å². The Morgan fingerprint density at radius 2 is 1.81 bits per heavy atom. The molecular formula is C25H22FNO4. The van der Waals surface area contributed by atoms with Gasteiger partial charge in [-0.15, -0.1) is 0 Å². The number of rotatable bonds is 8. The van der Waals surface area contributed by atoms with Gasteiger partial charge in [0.1, 0.15) is 12.4 Å². The minimum atomic E-state index is -0.987. The van der Waals surface area contributed by atoms with Crippen LogP contribution in [0.5, 0.6) is 11.5 Å². The molecule has 0 aliphatic heterocycles. The van der Waals surface area contributed by atoms with Gasteiger partial charge >= 0.3 is 5.97 Å². The molecule has 0 aliphatic rings. The summed E-state index contributed by atoms with van der Waals surface area (Å²) in [4.78, 5) is 14.7. The fourth-order valence-electron chi connectivity index (χ4n) is 3.59. The van der Waals surface area contributed by atoms with E-state index in [1.165, 1.54) is 12.1 Å². The van der Waals surface area contributed by atoms with Gasteiger partial charge in [0.25, 0.3) is 0 Å². The van der Waals surface area contributed by atoms with Crippen molar-refractivity contribution in [2.45, 2.75) is 20.0 Å². The van der Waals surface area contributed by atoms with Crippen LogP contribution >= 0.6 is 0 Å². The first kappa shape index (κ1) is 20.5. The molecule has 0 fully saturated rings. The number of carboxylic acids is 1. The maximum atomic E-state index is 13.8. The summed E-state index contributed by atoms with van der Waals surface area (Å²) in [6, 6.07) is 19.6. The summed E-state index contributed by atoms with van der Waals surface area (Å²) in [6.45, 7) is 2.73. The monoisotopic (exact) mass is 419 g/mol. The Morgan fingerprint density at radius 3 is 2.55 bits per heavy atom. The highest BCUT2D eigenvalue weighted by Gasteiger charge is 2.18. The molecule has 158 valence electrons. The SMILES string of the molecule is CCOc1cc(-c2[nH]c3ccc(F)cc3c2CC(=O)O)ccc1OCc1ccccc1. The van der Waals surface area contributed by atoms with Crippen LogP contribution < -0.4 is 9.47 Å². The summed E-state index contributed by atoms with van der Waals surface area (Å²) in [5.74, 6) is -0.248. The van der Waals surface area contributed by atoms with Crippen LogP contribution in [0.2, 0.25) is 0 Å². The van der Waals surface area contributed by atoms with Gasteiger partial charge in [0.15, 0.2) is 11.5 Å². The minimum Gasteiger partial charge on any atom is -0.490 e. The van der Waals surface area contributed by atoms with Gasteiger partial charge in [-0.3, -0.25) is 4.79 Å². The number of aromatic nitrogens is 1. The van der Waals surface area contributed by atoms with Crippen molar-refractivity contribution in [3.63, 3.8) is 0 Å².